The van der Waals surface area contributed by atoms with Crippen molar-refractivity contribution < 1.29 is 13.9 Å². The molecule has 0 aliphatic heterocycles. The third kappa shape index (κ3) is 4.62. The minimum Gasteiger partial charge on any atom is -0.423 e. The Bertz CT molecular complexity index is 1010. The lowest BCUT2D eigenvalue weighted by Gasteiger charge is -2.26. The molecule has 1 saturated carbocycles. The van der Waals surface area contributed by atoms with Crippen LogP contribution in [0, 0.1) is 18.7 Å². The Morgan fingerprint density at radius 1 is 0.867 bits per heavy atom. The first-order chi connectivity index (χ1) is 14.5. The van der Waals surface area contributed by atoms with Gasteiger partial charge in [-0.1, -0.05) is 56.2 Å². The van der Waals surface area contributed by atoms with E-state index in [9.17, 15) is 9.18 Å². The lowest BCUT2D eigenvalue weighted by atomic mass is 9.79. The van der Waals surface area contributed by atoms with Crippen molar-refractivity contribution in [2.24, 2.45) is 5.92 Å². The van der Waals surface area contributed by atoms with Crippen LogP contribution in [0.25, 0.3) is 11.1 Å². The lowest BCUT2D eigenvalue weighted by Crippen LogP contribution is -2.12. The van der Waals surface area contributed by atoms with Crippen LogP contribution in [0.4, 0.5) is 4.39 Å². The molecule has 0 radical (unpaired) electrons. The molecule has 3 heteroatoms. The number of esters is 1. The summed E-state index contributed by atoms with van der Waals surface area (Å²) in [5.41, 5.74) is 4.15. The van der Waals surface area contributed by atoms with Crippen molar-refractivity contribution in [2.75, 3.05) is 0 Å². The number of carbonyl (C=O) groups is 1. The summed E-state index contributed by atoms with van der Waals surface area (Å²) in [5.74, 6) is 1.31. The van der Waals surface area contributed by atoms with Gasteiger partial charge in [0, 0.05) is 0 Å². The minimum absolute atomic E-state index is 0.228. The number of halogens is 1. The minimum atomic E-state index is -0.368. The summed E-state index contributed by atoms with van der Waals surface area (Å²) >= 11 is 0. The number of carbonyl (C=O) groups excluding carboxylic acids is 1. The fourth-order valence-corrected chi connectivity index (χ4v) is 4.14. The molecule has 0 spiro atoms. The van der Waals surface area contributed by atoms with Gasteiger partial charge in [0.15, 0.2) is 0 Å². The molecule has 3 aromatic rings. The normalized spacial score (nSPS) is 18.8. The van der Waals surface area contributed by atoms with Crippen molar-refractivity contribution in [3.8, 4) is 16.9 Å². The third-order valence-electron chi connectivity index (χ3n) is 6.20. The van der Waals surface area contributed by atoms with E-state index in [1.807, 2.05) is 30.3 Å². The molecule has 0 N–H and O–H groups in total. The van der Waals surface area contributed by atoms with Crippen molar-refractivity contribution in [1.82, 2.24) is 0 Å². The monoisotopic (exact) mass is 402 g/mol. The van der Waals surface area contributed by atoms with E-state index in [-0.39, 0.29) is 11.8 Å². The highest BCUT2D eigenvalue weighted by molar-refractivity contribution is 5.91. The van der Waals surface area contributed by atoms with E-state index in [1.54, 1.807) is 25.1 Å². The number of benzene rings is 3. The molecule has 0 aromatic heterocycles. The zero-order valence-corrected chi connectivity index (χ0v) is 17.5. The maximum absolute atomic E-state index is 13.8. The van der Waals surface area contributed by atoms with E-state index in [1.165, 1.54) is 37.3 Å². The number of hydrogen-bond acceptors (Lipinski definition) is 2. The molecule has 0 unspecified atom stereocenters. The summed E-state index contributed by atoms with van der Waals surface area (Å²) in [6.07, 6.45) is 5.00. The van der Waals surface area contributed by atoms with Crippen molar-refractivity contribution >= 4 is 5.97 Å². The predicted molar refractivity (Wildman–Crippen MR) is 118 cm³/mol. The van der Waals surface area contributed by atoms with Gasteiger partial charge in [0.2, 0.25) is 0 Å². The van der Waals surface area contributed by atoms with Crippen molar-refractivity contribution in [2.45, 2.75) is 45.4 Å². The van der Waals surface area contributed by atoms with Crippen molar-refractivity contribution in [3.05, 3.63) is 89.2 Å². The molecule has 1 aliphatic rings. The number of rotatable bonds is 4. The van der Waals surface area contributed by atoms with E-state index >= 15 is 0 Å². The van der Waals surface area contributed by atoms with Crippen LogP contribution in [-0.2, 0) is 0 Å². The number of aryl methyl sites for hydroxylation is 1. The molecule has 0 bridgehead atoms. The Hall–Kier alpha value is -2.94. The zero-order chi connectivity index (χ0) is 21.1. The van der Waals surface area contributed by atoms with E-state index < -0.39 is 0 Å². The van der Waals surface area contributed by atoms with Crippen LogP contribution in [0.5, 0.6) is 5.75 Å². The molecule has 3 aromatic carbocycles. The lowest BCUT2D eigenvalue weighted by molar-refractivity contribution is 0.0734. The summed E-state index contributed by atoms with van der Waals surface area (Å²) in [6.45, 7) is 4.06. The molecular weight excluding hydrogens is 375 g/mol. The Morgan fingerprint density at radius 3 is 2.13 bits per heavy atom. The molecule has 154 valence electrons. The van der Waals surface area contributed by atoms with Crippen LogP contribution >= 0.6 is 0 Å². The van der Waals surface area contributed by atoms with Gasteiger partial charge in [-0.05, 0) is 84.2 Å². The molecule has 1 aliphatic carbocycles. The van der Waals surface area contributed by atoms with Crippen molar-refractivity contribution in [3.63, 3.8) is 0 Å². The van der Waals surface area contributed by atoms with Gasteiger partial charge in [-0.15, -0.1) is 0 Å². The molecule has 0 atom stereocenters. The highest BCUT2D eigenvalue weighted by Gasteiger charge is 2.20. The maximum Gasteiger partial charge on any atom is 0.343 e. The van der Waals surface area contributed by atoms with Crippen LogP contribution in [0.1, 0.15) is 60.0 Å². The number of ether oxygens (including phenoxy) is 1. The van der Waals surface area contributed by atoms with E-state index in [0.717, 1.165) is 17.0 Å². The van der Waals surface area contributed by atoms with E-state index in [4.69, 9.17) is 4.74 Å². The van der Waals surface area contributed by atoms with Gasteiger partial charge >= 0.3 is 5.97 Å². The first kappa shape index (κ1) is 20.3. The molecule has 30 heavy (non-hydrogen) atoms. The molecule has 0 heterocycles. The van der Waals surface area contributed by atoms with Gasteiger partial charge in [0.1, 0.15) is 11.6 Å². The first-order valence-electron chi connectivity index (χ1n) is 10.7. The van der Waals surface area contributed by atoms with Gasteiger partial charge in [0.05, 0.1) is 5.56 Å². The fourth-order valence-electron chi connectivity index (χ4n) is 4.14. The van der Waals surface area contributed by atoms with Gasteiger partial charge in [-0.3, -0.25) is 0 Å². The largest absolute Gasteiger partial charge is 0.423 e. The summed E-state index contributed by atoms with van der Waals surface area (Å²) in [4.78, 5) is 12.5. The van der Waals surface area contributed by atoms with Crippen LogP contribution in [-0.4, -0.2) is 5.97 Å². The molecule has 4 rings (SSSR count). The Balaban J connectivity index is 1.40. The van der Waals surface area contributed by atoms with Crippen LogP contribution in [0.15, 0.2) is 66.7 Å². The topological polar surface area (TPSA) is 26.3 Å². The van der Waals surface area contributed by atoms with Crippen LogP contribution in [0.2, 0.25) is 0 Å². The first-order valence-corrected chi connectivity index (χ1v) is 10.7. The fraction of sp³-hybridized carbons (Fsp3) is 0.296. The zero-order valence-electron chi connectivity index (χ0n) is 17.5. The molecule has 1 fully saturated rings. The molecule has 0 saturated heterocycles. The quantitative estimate of drug-likeness (QED) is 0.338. The van der Waals surface area contributed by atoms with Crippen LogP contribution in [0.3, 0.4) is 0 Å². The van der Waals surface area contributed by atoms with Gasteiger partial charge in [-0.25, -0.2) is 9.18 Å². The average molecular weight is 403 g/mol. The maximum atomic E-state index is 13.8. The summed E-state index contributed by atoms with van der Waals surface area (Å²) in [7, 11) is 0. The predicted octanol–water partition coefficient (Wildman–Crippen LogP) is 7.31. The summed E-state index contributed by atoms with van der Waals surface area (Å²) < 4.78 is 19.3. The second kappa shape index (κ2) is 8.83. The van der Waals surface area contributed by atoms with E-state index in [2.05, 4.69) is 19.1 Å². The summed E-state index contributed by atoms with van der Waals surface area (Å²) in [5, 5.41) is 0. The van der Waals surface area contributed by atoms with Gasteiger partial charge < -0.3 is 4.74 Å². The number of hydrogen-bond donors (Lipinski definition) is 0. The second-order valence-electron chi connectivity index (χ2n) is 8.46. The third-order valence-corrected chi connectivity index (χ3v) is 6.20. The molecule has 2 nitrogen and oxygen atoms in total. The smallest absolute Gasteiger partial charge is 0.343 e. The highest BCUT2D eigenvalue weighted by Crippen LogP contribution is 2.35. The van der Waals surface area contributed by atoms with Gasteiger partial charge in [-0.2, -0.15) is 0 Å². The summed E-state index contributed by atoms with van der Waals surface area (Å²) in [6, 6.07) is 20.1. The van der Waals surface area contributed by atoms with Gasteiger partial charge in [0.25, 0.3) is 0 Å². The highest BCUT2D eigenvalue weighted by atomic mass is 19.1. The SMILES string of the molecule is Cc1ccc(-c2ccc(OC(=O)c3ccc(C4CCC(C)CC4)cc3)cc2)cc1F. The van der Waals surface area contributed by atoms with E-state index in [0.29, 0.717) is 22.8 Å². The molecular formula is C27H27FO2. The van der Waals surface area contributed by atoms with Crippen molar-refractivity contribution in [1.29, 1.82) is 0 Å². The Kier molecular flexibility index (Phi) is 5.98. The Morgan fingerprint density at radius 2 is 1.50 bits per heavy atom. The van der Waals surface area contributed by atoms with Crippen LogP contribution < -0.4 is 4.74 Å². The standard InChI is InChI=1S/C27H27FO2/c1-18-3-6-20(7-4-18)21-9-11-23(12-10-21)27(29)30-25-15-13-22(14-16-25)24-8-5-19(2)26(28)17-24/h5,8-18,20H,3-4,6-7H2,1-2H3. The second-order valence-corrected chi connectivity index (χ2v) is 8.46. The average Bonchev–Trinajstić information content (AvgIpc) is 2.77. The molecule has 0 amide bonds. The Labute approximate surface area is 177 Å².